The lowest BCUT2D eigenvalue weighted by molar-refractivity contribution is 0.263. The maximum Gasteiger partial charge on any atom is 0.131 e. The van der Waals surface area contributed by atoms with Crippen LogP contribution in [-0.2, 0) is 0 Å². The standard InChI is InChI=1S/C12H22N6/c1-18-6-2-10(3-7-18)17-12-8-11(14-5-4-13)15-9-16-12/h8-10H,2-7,13H2,1H3,(H2,14,15,16,17). The molecule has 1 fully saturated rings. The highest BCUT2D eigenvalue weighted by Gasteiger charge is 2.16. The molecule has 1 aromatic rings. The molecule has 6 heteroatoms. The molecule has 0 spiro atoms. The van der Waals surface area contributed by atoms with Crippen LogP contribution in [0.3, 0.4) is 0 Å². The number of anilines is 2. The number of nitrogens with zero attached hydrogens (tertiary/aromatic N) is 3. The van der Waals surface area contributed by atoms with E-state index in [1.54, 1.807) is 6.33 Å². The van der Waals surface area contributed by atoms with Crippen molar-refractivity contribution in [2.75, 3.05) is 43.9 Å². The highest BCUT2D eigenvalue weighted by Crippen LogP contribution is 2.15. The van der Waals surface area contributed by atoms with Gasteiger partial charge in [0.05, 0.1) is 0 Å². The molecule has 0 amide bonds. The molecule has 4 N–H and O–H groups in total. The average Bonchev–Trinajstić information content (AvgIpc) is 2.40. The smallest absolute Gasteiger partial charge is 0.131 e. The first-order valence-corrected chi connectivity index (χ1v) is 6.49. The highest BCUT2D eigenvalue weighted by molar-refractivity contribution is 5.46. The first kappa shape index (κ1) is 13.0. The molecular weight excluding hydrogens is 228 g/mol. The Morgan fingerprint density at radius 2 is 2.06 bits per heavy atom. The van der Waals surface area contributed by atoms with Crippen molar-refractivity contribution in [3.63, 3.8) is 0 Å². The Morgan fingerprint density at radius 3 is 2.78 bits per heavy atom. The van der Waals surface area contributed by atoms with Gasteiger partial charge in [-0.1, -0.05) is 0 Å². The minimum Gasteiger partial charge on any atom is -0.369 e. The summed E-state index contributed by atoms with van der Waals surface area (Å²) in [4.78, 5) is 10.8. The second kappa shape index (κ2) is 6.51. The number of rotatable bonds is 5. The summed E-state index contributed by atoms with van der Waals surface area (Å²) >= 11 is 0. The van der Waals surface area contributed by atoms with Gasteiger partial charge in [0.1, 0.15) is 18.0 Å². The van der Waals surface area contributed by atoms with Crippen molar-refractivity contribution in [1.29, 1.82) is 0 Å². The number of nitrogens with two attached hydrogens (primary N) is 1. The van der Waals surface area contributed by atoms with Gasteiger partial charge >= 0.3 is 0 Å². The number of hydrogen-bond donors (Lipinski definition) is 3. The molecule has 0 aromatic carbocycles. The minimum absolute atomic E-state index is 0.512. The van der Waals surface area contributed by atoms with E-state index in [0.29, 0.717) is 12.6 Å². The van der Waals surface area contributed by atoms with E-state index in [1.165, 1.54) is 0 Å². The van der Waals surface area contributed by atoms with E-state index in [4.69, 9.17) is 5.73 Å². The Labute approximate surface area is 108 Å². The summed E-state index contributed by atoms with van der Waals surface area (Å²) in [5.41, 5.74) is 5.45. The van der Waals surface area contributed by atoms with Gasteiger partial charge in [-0.2, -0.15) is 0 Å². The van der Waals surface area contributed by atoms with E-state index in [0.717, 1.165) is 44.1 Å². The third-order valence-electron chi connectivity index (χ3n) is 3.19. The van der Waals surface area contributed by atoms with E-state index < -0.39 is 0 Å². The van der Waals surface area contributed by atoms with Crippen LogP contribution in [0, 0.1) is 0 Å². The number of likely N-dealkylation sites (tertiary alicyclic amines) is 1. The summed E-state index contributed by atoms with van der Waals surface area (Å²) in [6, 6.07) is 2.45. The van der Waals surface area contributed by atoms with Crippen LogP contribution < -0.4 is 16.4 Å². The molecule has 18 heavy (non-hydrogen) atoms. The van der Waals surface area contributed by atoms with Gasteiger partial charge in [0.15, 0.2) is 0 Å². The molecular formula is C12H22N6. The Kier molecular flexibility index (Phi) is 4.72. The largest absolute Gasteiger partial charge is 0.369 e. The molecule has 6 nitrogen and oxygen atoms in total. The summed E-state index contributed by atoms with van der Waals surface area (Å²) in [6.07, 6.45) is 3.90. The zero-order chi connectivity index (χ0) is 12.8. The molecule has 0 radical (unpaired) electrons. The van der Waals surface area contributed by atoms with E-state index in [9.17, 15) is 0 Å². The quantitative estimate of drug-likeness (QED) is 0.700. The molecule has 1 aromatic heterocycles. The molecule has 0 saturated carbocycles. The maximum absolute atomic E-state index is 5.45. The van der Waals surface area contributed by atoms with Crippen LogP contribution in [0.25, 0.3) is 0 Å². The molecule has 2 heterocycles. The third-order valence-corrected chi connectivity index (χ3v) is 3.19. The van der Waals surface area contributed by atoms with E-state index in [1.807, 2.05) is 6.07 Å². The lowest BCUT2D eigenvalue weighted by atomic mass is 10.1. The van der Waals surface area contributed by atoms with Gasteiger partial charge in [0.25, 0.3) is 0 Å². The zero-order valence-corrected chi connectivity index (χ0v) is 10.9. The van der Waals surface area contributed by atoms with Crippen molar-refractivity contribution in [1.82, 2.24) is 14.9 Å². The van der Waals surface area contributed by atoms with E-state index in [2.05, 4.69) is 32.5 Å². The van der Waals surface area contributed by atoms with Crippen molar-refractivity contribution in [2.45, 2.75) is 18.9 Å². The third kappa shape index (κ3) is 3.82. The second-order valence-electron chi connectivity index (χ2n) is 4.73. The topological polar surface area (TPSA) is 79.1 Å². The molecule has 0 unspecified atom stereocenters. The van der Waals surface area contributed by atoms with E-state index in [-0.39, 0.29) is 0 Å². The van der Waals surface area contributed by atoms with Gasteiger partial charge in [-0.15, -0.1) is 0 Å². The van der Waals surface area contributed by atoms with Crippen LogP contribution in [0.4, 0.5) is 11.6 Å². The predicted octanol–water partition coefficient (Wildman–Crippen LogP) is 0.353. The fraction of sp³-hybridized carbons (Fsp3) is 0.667. The molecule has 0 atom stereocenters. The van der Waals surface area contributed by atoms with Crippen molar-refractivity contribution in [3.8, 4) is 0 Å². The fourth-order valence-corrected chi connectivity index (χ4v) is 2.10. The Hall–Kier alpha value is -1.40. The van der Waals surface area contributed by atoms with E-state index >= 15 is 0 Å². The molecule has 0 bridgehead atoms. The molecule has 1 aliphatic heterocycles. The Balaban J connectivity index is 1.88. The van der Waals surface area contributed by atoms with Gasteiger partial charge in [-0.25, -0.2) is 9.97 Å². The fourth-order valence-electron chi connectivity index (χ4n) is 2.10. The summed E-state index contributed by atoms with van der Waals surface area (Å²) in [5, 5.41) is 6.62. The van der Waals surface area contributed by atoms with Crippen molar-refractivity contribution >= 4 is 11.6 Å². The monoisotopic (exact) mass is 250 g/mol. The minimum atomic E-state index is 0.512. The van der Waals surface area contributed by atoms with Crippen LogP contribution in [0.1, 0.15) is 12.8 Å². The van der Waals surface area contributed by atoms with Gasteiger partial charge in [0, 0.05) is 25.2 Å². The number of nitrogens with one attached hydrogen (secondary N) is 2. The van der Waals surface area contributed by atoms with Crippen LogP contribution in [0.5, 0.6) is 0 Å². The van der Waals surface area contributed by atoms with Crippen molar-refractivity contribution < 1.29 is 0 Å². The van der Waals surface area contributed by atoms with Gasteiger partial charge in [-0.3, -0.25) is 0 Å². The summed E-state index contributed by atoms with van der Waals surface area (Å²) in [5.74, 6) is 1.71. The Bertz CT molecular complexity index is 361. The summed E-state index contributed by atoms with van der Waals surface area (Å²) in [6.45, 7) is 3.61. The van der Waals surface area contributed by atoms with Crippen molar-refractivity contribution in [3.05, 3.63) is 12.4 Å². The SMILES string of the molecule is CN1CCC(Nc2cc(NCCN)ncn2)CC1. The van der Waals surface area contributed by atoms with Crippen LogP contribution in [0.2, 0.25) is 0 Å². The Morgan fingerprint density at radius 1 is 1.33 bits per heavy atom. The molecule has 2 rings (SSSR count). The number of aromatic nitrogens is 2. The van der Waals surface area contributed by atoms with Crippen LogP contribution in [0.15, 0.2) is 12.4 Å². The molecule has 0 aliphatic carbocycles. The molecule has 1 aliphatic rings. The van der Waals surface area contributed by atoms with Gasteiger partial charge < -0.3 is 21.3 Å². The zero-order valence-electron chi connectivity index (χ0n) is 10.9. The lowest BCUT2D eigenvalue weighted by Gasteiger charge is -2.29. The second-order valence-corrected chi connectivity index (χ2v) is 4.73. The van der Waals surface area contributed by atoms with Crippen LogP contribution in [-0.4, -0.2) is 54.1 Å². The maximum atomic E-state index is 5.45. The summed E-state index contributed by atoms with van der Waals surface area (Å²) in [7, 11) is 2.16. The average molecular weight is 250 g/mol. The summed E-state index contributed by atoms with van der Waals surface area (Å²) < 4.78 is 0. The first-order valence-electron chi connectivity index (χ1n) is 6.49. The number of piperidine rings is 1. The van der Waals surface area contributed by atoms with Gasteiger partial charge in [-0.05, 0) is 33.0 Å². The number of hydrogen-bond acceptors (Lipinski definition) is 6. The normalized spacial score (nSPS) is 17.7. The molecule has 1 saturated heterocycles. The lowest BCUT2D eigenvalue weighted by Crippen LogP contribution is -2.36. The molecule has 100 valence electrons. The van der Waals surface area contributed by atoms with Crippen LogP contribution >= 0.6 is 0 Å². The predicted molar refractivity (Wildman–Crippen MR) is 73.7 cm³/mol. The first-order chi connectivity index (χ1) is 8.78. The van der Waals surface area contributed by atoms with Gasteiger partial charge in [0.2, 0.25) is 0 Å². The van der Waals surface area contributed by atoms with Crippen molar-refractivity contribution in [2.24, 2.45) is 5.73 Å². The highest BCUT2D eigenvalue weighted by atomic mass is 15.1.